The zero-order valence-electron chi connectivity index (χ0n) is 13.8. The van der Waals surface area contributed by atoms with Crippen molar-refractivity contribution in [1.29, 1.82) is 0 Å². The minimum absolute atomic E-state index is 0.260. The third-order valence-electron chi connectivity index (χ3n) is 3.54. The second-order valence-electron chi connectivity index (χ2n) is 5.17. The number of allylic oxidation sites excluding steroid dienone is 2. The van der Waals surface area contributed by atoms with Crippen LogP contribution in [0.2, 0.25) is 0 Å². The smallest absolute Gasteiger partial charge is 0.320 e. The Morgan fingerprint density at radius 2 is 2.17 bits per heavy atom. The number of carbonyl (C=O) groups excluding carboxylic acids is 1. The van der Waals surface area contributed by atoms with E-state index in [1.54, 1.807) is 17.2 Å². The van der Waals surface area contributed by atoms with Gasteiger partial charge in [-0.05, 0) is 11.6 Å². The first-order valence-electron chi connectivity index (χ1n) is 7.64. The van der Waals surface area contributed by atoms with Crippen molar-refractivity contribution in [2.75, 3.05) is 45.2 Å². The lowest BCUT2D eigenvalue weighted by atomic mass is 10.2. The van der Waals surface area contributed by atoms with Crippen LogP contribution in [0.5, 0.6) is 6.01 Å². The number of nitrogens with one attached hydrogen (secondary N) is 1. The highest BCUT2D eigenvalue weighted by Gasteiger charge is 2.15. The first-order valence-corrected chi connectivity index (χ1v) is 7.64. The summed E-state index contributed by atoms with van der Waals surface area (Å²) >= 11 is 0. The summed E-state index contributed by atoms with van der Waals surface area (Å²) in [5, 5.41) is 2.99. The van der Waals surface area contributed by atoms with Crippen LogP contribution < -0.4 is 10.1 Å². The summed E-state index contributed by atoms with van der Waals surface area (Å²) in [4.78, 5) is 26.8. The van der Waals surface area contributed by atoms with Crippen LogP contribution in [0.4, 0.5) is 5.95 Å². The molecule has 1 fully saturated rings. The van der Waals surface area contributed by atoms with Crippen LogP contribution in [0.25, 0.3) is 0 Å². The predicted octanol–water partition coefficient (Wildman–Crippen LogP) is 0.692. The van der Waals surface area contributed by atoms with E-state index in [0.717, 1.165) is 44.7 Å². The van der Waals surface area contributed by atoms with Gasteiger partial charge in [-0.3, -0.25) is 9.69 Å². The van der Waals surface area contributed by atoms with Gasteiger partial charge in [0.2, 0.25) is 12.4 Å². The molecule has 1 amide bonds. The van der Waals surface area contributed by atoms with Crippen LogP contribution in [0.1, 0.15) is 0 Å². The molecule has 0 saturated carbocycles. The molecule has 0 aromatic carbocycles. The zero-order chi connectivity index (χ0) is 17.2. The fraction of sp³-hybridized carbons (Fsp3) is 0.375. The van der Waals surface area contributed by atoms with Gasteiger partial charge in [0.25, 0.3) is 0 Å². The van der Waals surface area contributed by atoms with Gasteiger partial charge in [0.1, 0.15) is 6.33 Å². The lowest BCUT2D eigenvalue weighted by Gasteiger charge is -2.32. The lowest BCUT2D eigenvalue weighted by molar-refractivity contribution is -0.119. The van der Waals surface area contributed by atoms with Crippen molar-refractivity contribution in [3.63, 3.8) is 0 Å². The lowest BCUT2D eigenvalue weighted by Crippen LogP contribution is -2.46. The highest BCUT2D eigenvalue weighted by atomic mass is 16.5. The number of piperazine rings is 1. The predicted molar refractivity (Wildman–Crippen MR) is 91.5 cm³/mol. The number of methoxy groups -OCH3 is 1. The highest BCUT2D eigenvalue weighted by Crippen LogP contribution is 2.07. The number of hydrogen-bond donors (Lipinski definition) is 1. The Balaban J connectivity index is 1.89. The molecular weight excluding hydrogens is 308 g/mol. The third-order valence-corrected chi connectivity index (χ3v) is 3.54. The Morgan fingerprint density at radius 3 is 2.83 bits per heavy atom. The SMILES string of the molecule is C=C/C=C(\C=C\Nc1ncnc(OC)n1)CN1CCN(C=O)CC1. The number of nitrogens with zero attached hydrogens (tertiary/aromatic N) is 5. The molecule has 8 nitrogen and oxygen atoms in total. The molecule has 0 bridgehead atoms. The maximum Gasteiger partial charge on any atom is 0.320 e. The second-order valence-corrected chi connectivity index (χ2v) is 5.17. The maximum absolute atomic E-state index is 10.8. The van der Waals surface area contributed by atoms with E-state index in [9.17, 15) is 4.79 Å². The molecule has 0 atom stereocenters. The number of aromatic nitrogens is 3. The summed E-state index contributed by atoms with van der Waals surface area (Å²) < 4.78 is 4.95. The van der Waals surface area contributed by atoms with Crippen LogP contribution in [-0.2, 0) is 4.79 Å². The molecule has 1 N–H and O–H groups in total. The normalized spacial score (nSPS) is 16.2. The topological polar surface area (TPSA) is 83.5 Å². The van der Waals surface area contributed by atoms with Gasteiger partial charge in [-0.1, -0.05) is 18.7 Å². The molecule has 2 rings (SSSR count). The molecule has 2 heterocycles. The number of amides is 1. The summed E-state index contributed by atoms with van der Waals surface area (Å²) in [5.74, 6) is 0.413. The Bertz CT molecular complexity index is 608. The van der Waals surface area contributed by atoms with Crippen LogP contribution in [0.3, 0.4) is 0 Å². The zero-order valence-corrected chi connectivity index (χ0v) is 13.8. The average Bonchev–Trinajstić information content (AvgIpc) is 2.62. The summed E-state index contributed by atoms with van der Waals surface area (Å²) in [6.07, 6.45) is 9.72. The van der Waals surface area contributed by atoms with Gasteiger partial charge < -0.3 is 15.0 Å². The van der Waals surface area contributed by atoms with Gasteiger partial charge in [0.15, 0.2) is 0 Å². The number of anilines is 1. The summed E-state index contributed by atoms with van der Waals surface area (Å²) in [5.41, 5.74) is 1.10. The Hall–Kier alpha value is -2.74. The van der Waals surface area contributed by atoms with E-state index in [2.05, 4.69) is 31.7 Å². The van der Waals surface area contributed by atoms with E-state index in [1.807, 2.05) is 12.2 Å². The molecule has 8 heteroatoms. The fourth-order valence-corrected chi connectivity index (χ4v) is 2.27. The summed E-state index contributed by atoms with van der Waals surface area (Å²) in [7, 11) is 1.50. The first-order chi connectivity index (χ1) is 11.7. The van der Waals surface area contributed by atoms with Gasteiger partial charge in [-0.25, -0.2) is 4.98 Å². The Labute approximate surface area is 141 Å². The summed E-state index contributed by atoms with van der Waals surface area (Å²) in [6.45, 7) is 7.79. The van der Waals surface area contributed by atoms with Crippen molar-refractivity contribution < 1.29 is 9.53 Å². The monoisotopic (exact) mass is 330 g/mol. The van der Waals surface area contributed by atoms with Gasteiger partial charge in [0.05, 0.1) is 7.11 Å². The van der Waals surface area contributed by atoms with Crippen molar-refractivity contribution in [3.8, 4) is 6.01 Å². The molecule has 1 aliphatic heterocycles. The van der Waals surface area contributed by atoms with Gasteiger partial charge >= 0.3 is 6.01 Å². The Morgan fingerprint density at radius 1 is 1.38 bits per heavy atom. The van der Waals surface area contributed by atoms with Crippen molar-refractivity contribution >= 4 is 12.4 Å². The minimum Gasteiger partial charge on any atom is -0.467 e. The van der Waals surface area contributed by atoms with Crippen molar-refractivity contribution in [2.24, 2.45) is 0 Å². The number of ether oxygens (including phenoxy) is 1. The van der Waals surface area contributed by atoms with Crippen LogP contribution >= 0.6 is 0 Å². The van der Waals surface area contributed by atoms with Crippen molar-refractivity contribution in [2.45, 2.75) is 0 Å². The maximum atomic E-state index is 10.8. The van der Waals surface area contributed by atoms with Crippen LogP contribution in [0.15, 0.2) is 42.9 Å². The number of carbonyl (C=O) groups is 1. The van der Waals surface area contributed by atoms with Gasteiger partial charge in [-0.2, -0.15) is 9.97 Å². The second kappa shape index (κ2) is 9.41. The number of rotatable bonds is 8. The molecule has 1 saturated heterocycles. The molecule has 1 aromatic heterocycles. The molecule has 128 valence electrons. The van der Waals surface area contributed by atoms with Crippen LogP contribution in [0, 0.1) is 0 Å². The molecule has 1 aromatic rings. The molecule has 24 heavy (non-hydrogen) atoms. The molecule has 1 aliphatic rings. The molecule has 0 radical (unpaired) electrons. The largest absolute Gasteiger partial charge is 0.467 e. The average molecular weight is 330 g/mol. The summed E-state index contributed by atoms with van der Waals surface area (Å²) in [6, 6.07) is 0.260. The molecule has 0 unspecified atom stereocenters. The Kier molecular flexibility index (Phi) is 6.91. The van der Waals surface area contributed by atoms with E-state index < -0.39 is 0 Å². The van der Waals surface area contributed by atoms with Crippen molar-refractivity contribution in [1.82, 2.24) is 24.8 Å². The van der Waals surface area contributed by atoms with E-state index in [4.69, 9.17) is 4.74 Å². The first kappa shape index (κ1) is 17.6. The van der Waals surface area contributed by atoms with E-state index in [0.29, 0.717) is 5.95 Å². The fourth-order valence-electron chi connectivity index (χ4n) is 2.27. The molecule has 0 spiro atoms. The molecular formula is C16H22N6O2. The van der Waals surface area contributed by atoms with Crippen LogP contribution in [-0.4, -0.2) is 71.0 Å². The number of hydrogen-bond acceptors (Lipinski definition) is 7. The third kappa shape index (κ3) is 5.47. The van der Waals surface area contributed by atoms with E-state index in [-0.39, 0.29) is 6.01 Å². The highest BCUT2D eigenvalue weighted by molar-refractivity contribution is 5.47. The molecule has 0 aliphatic carbocycles. The van der Waals surface area contributed by atoms with E-state index >= 15 is 0 Å². The van der Waals surface area contributed by atoms with E-state index in [1.165, 1.54) is 13.4 Å². The van der Waals surface area contributed by atoms with Gasteiger partial charge in [0, 0.05) is 38.9 Å². The van der Waals surface area contributed by atoms with Crippen molar-refractivity contribution in [3.05, 3.63) is 42.9 Å². The van der Waals surface area contributed by atoms with Gasteiger partial charge in [-0.15, -0.1) is 0 Å². The minimum atomic E-state index is 0.260. The standard InChI is InChI=1S/C16H22N6O2/c1-3-4-14(11-21-7-9-22(13-23)10-8-21)5-6-17-15-18-12-19-16(20-15)24-2/h3-6,12-13H,1,7-11H2,2H3,(H,17,18,19,20)/b6-5+,14-4+. The quantitative estimate of drug-likeness (QED) is 0.554.